The molecule has 0 aromatic rings. The summed E-state index contributed by atoms with van der Waals surface area (Å²) in [6.07, 6.45) is 5.09. The number of rotatable bonds is 13. The smallest absolute Gasteiger partial charge is 0.305 e. The van der Waals surface area contributed by atoms with Crippen LogP contribution >= 0.6 is 0 Å². The third-order valence-corrected chi connectivity index (χ3v) is 3.03. The van der Waals surface area contributed by atoms with Crippen molar-refractivity contribution in [3.8, 4) is 0 Å². The van der Waals surface area contributed by atoms with Crippen LogP contribution in [-0.2, 0) is 9.53 Å². The van der Waals surface area contributed by atoms with E-state index in [1.54, 1.807) is 0 Å². The highest BCUT2D eigenvalue weighted by Gasteiger charge is 2.07. The van der Waals surface area contributed by atoms with E-state index in [2.05, 4.69) is 0 Å². The molecule has 0 aromatic carbocycles. The molecule has 4 N–H and O–H groups in total. The molecule has 0 spiro atoms. The fraction of sp³-hybridized carbons (Fsp3) is 0.929. The number of aliphatic hydroxyl groups excluding tert-OH is 4. The van der Waals surface area contributed by atoms with Crippen molar-refractivity contribution in [2.45, 2.75) is 63.6 Å². The standard InChI is InChI=1S/C14H28O6/c15-9-12(17)7-5-3-1-2-4-6-8-14(19)20-11-13(18)10-16/h12-13,15-18H,1-11H2. The Morgan fingerprint density at radius 2 is 1.40 bits per heavy atom. The average Bonchev–Trinajstić information content (AvgIpc) is 2.46. The number of aliphatic hydroxyl groups is 4. The molecule has 0 fully saturated rings. The third-order valence-electron chi connectivity index (χ3n) is 3.03. The molecular formula is C14H28O6. The van der Waals surface area contributed by atoms with Gasteiger partial charge >= 0.3 is 5.97 Å². The summed E-state index contributed by atoms with van der Waals surface area (Å²) in [4.78, 5) is 11.2. The van der Waals surface area contributed by atoms with Crippen molar-refractivity contribution in [2.24, 2.45) is 0 Å². The first-order valence-electron chi connectivity index (χ1n) is 7.33. The van der Waals surface area contributed by atoms with Gasteiger partial charge in [-0.3, -0.25) is 4.79 Å². The average molecular weight is 292 g/mol. The molecule has 0 aliphatic carbocycles. The molecule has 0 heterocycles. The summed E-state index contributed by atoms with van der Waals surface area (Å²) in [5.41, 5.74) is 0. The van der Waals surface area contributed by atoms with Crippen LogP contribution in [0.1, 0.15) is 51.4 Å². The molecule has 0 aliphatic rings. The lowest BCUT2D eigenvalue weighted by Gasteiger charge is -2.08. The van der Waals surface area contributed by atoms with Crippen LogP contribution in [0, 0.1) is 0 Å². The molecule has 6 heteroatoms. The summed E-state index contributed by atoms with van der Waals surface area (Å²) in [6.45, 7) is -0.728. The summed E-state index contributed by atoms with van der Waals surface area (Å²) in [6, 6.07) is 0. The predicted molar refractivity (Wildman–Crippen MR) is 74.1 cm³/mol. The second-order valence-electron chi connectivity index (χ2n) is 5.02. The molecular weight excluding hydrogens is 264 g/mol. The van der Waals surface area contributed by atoms with Crippen molar-refractivity contribution in [1.82, 2.24) is 0 Å². The SMILES string of the molecule is O=C(CCCCCCCCC(O)CO)OCC(O)CO. The van der Waals surface area contributed by atoms with Crippen LogP contribution in [0.5, 0.6) is 0 Å². The summed E-state index contributed by atoms with van der Waals surface area (Å²) in [7, 11) is 0. The Hall–Kier alpha value is -0.690. The van der Waals surface area contributed by atoms with E-state index in [0.717, 1.165) is 38.5 Å². The molecule has 0 saturated carbocycles. The second-order valence-corrected chi connectivity index (χ2v) is 5.02. The molecule has 0 radical (unpaired) electrons. The lowest BCUT2D eigenvalue weighted by Crippen LogP contribution is -2.21. The lowest BCUT2D eigenvalue weighted by molar-refractivity contribution is -0.147. The van der Waals surface area contributed by atoms with Crippen molar-refractivity contribution >= 4 is 5.97 Å². The summed E-state index contributed by atoms with van der Waals surface area (Å²) in [5, 5.41) is 35.3. The summed E-state index contributed by atoms with van der Waals surface area (Å²) < 4.78 is 4.78. The molecule has 20 heavy (non-hydrogen) atoms. The van der Waals surface area contributed by atoms with Crippen molar-refractivity contribution in [3.05, 3.63) is 0 Å². The van der Waals surface area contributed by atoms with Gasteiger partial charge in [0.1, 0.15) is 12.7 Å². The first kappa shape index (κ1) is 19.3. The molecule has 0 aromatic heterocycles. The van der Waals surface area contributed by atoms with Gasteiger partial charge in [0, 0.05) is 6.42 Å². The van der Waals surface area contributed by atoms with Gasteiger partial charge in [-0.05, 0) is 12.8 Å². The Morgan fingerprint density at radius 1 is 0.850 bits per heavy atom. The molecule has 2 atom stereocenters. The van der Waals surface area contributed by atoms with Crippen molar-refractivity contribution in [3.63, 3.8) is 0 Å². The topological polar surface area (TPSA) is 107 Å². The number of carbonyl (C=O) groups excluding carboxylic acids is 1. The van der Waals surface area contributed by atoms with E-state index < -0.39 is 18.8 Å². The Morgan fingerprint density at radius 3 is 2.00 bits per heavy atom. The molecule has 0 aliphatic heterocycles. The van der Waals surface area contributed by atoms with Crippen LogP contribution in [0.15, 0.2) is 0 Å². The number of unbranched alkanes of at least 4 members (excludes halogenated alkanes) is 5. The maximum atomic E-state index is 11.2. The van der Waals surface area contributed by atoms with E-state index in [-0.39, 0.29) is 19.2 Å². The second kappa shape index (κ2) is 13.3. The molecule has 0 rings (SSSR count). The van der Waals surface area contributed by atoms with Gasteiger partial charge in [0.05, 0.1) is 19.3 Å². The van der Waals surface area contributed by atoms with Crippen LogP contribution < -0.4 is 0 Å². The Kier molecular flexibility index (Phi) is 12.8. The van der Waals surface area contributed by atoms with Gasteiger partial charge in [-0.2, -0.15) is 0 Å². The predicted octanol–water partition coefficient (Wildman–Crippen LogP) is 0.357. The van der Waals surface area contributed by atoms with E-state index in [0.29, 0.717) is 12.8 Å². The Balaban J connectivity index is 3.25. The van der Waals surface area contributed by atoms with Crippen molar-refractivity contribution in [2.75, 3.05) is 19.8 Å². The van der Waals surface area contributed by atoms with Gasteiger partial charge in [-0.25, -0.2) is 0 Å². The zero-order chi connectivity index (χ0) is 15.2. The molecule has 2 unspecified atom stereocenters. The van der Waals surface area contributed by atoms with Gasteiger partial charge in [-0.15, -0.1) is 0 Å². The van der Waals surface area contributed by atoms with Crippen molar-refractivity contribution in [1.29, 1.82) is 0 Å². The largest absolute Gasteiger partial charge is 0.463 e. The number of ether oxygens (including phenoxy) is 1. The summed E-state index contributed by atoms with van der Waals surface area (Å²) >= 11 is 0. The fourth-order valence-electron chi connectivity index (χ4n) is 1.76. The molecule has 6 nitrogen and oxygen atoms in total. The molecule has 120 valence electrons. The highest BCUT2D eigenvalue weighted by Crippen LogP contribution is 2.10. The third kappa shape index (κ3) is 12.3. The van der Waals surface area contributed by atoms with E-state index >= 15 is 0 Å². The number of esters is 1. The van der Waals surface area contributed by atoms with Crippen LogP contribution in [0.4, 0.5) is 0 Å². The zero-order valence-electron chi connectivity index (χ0n) is 12.0. The van der Waals surface area contributed by atoms with E-state index in [9.17, 15) is 4.79 Å². The van der Waals surface area contributed by atoms with E-state index in [1.165, 1.54) is 0 Å². The van der Waals surface area contributed by atoms with E-state index in [4.69, 9.17) is 25.2 Å². The van der Waals surface area contributed by atoms with Crippen LogP contribution in [0.25, 0.3) is 0 Å². The zero-order valence-corrected chi connectivity index (χ0v) is 12.0. The lowest BCUT2D eigenvalue weighted by atomic mass is 10.1. The minimum atomic E-state index is -0.992. The molecule has 0 amide bonds. The summed E-state index contributed by atoms with van der Waals surface area (Å²) in [5.74, 6) is -0.344. The first-order chi connectivity index (χ1) is 9.60. The van der Waals surface area contributed by atoms with Gasteiger partial charge in [-0.1, -0.05) is 32.1 Å². The van der Waals surface area contributed by atoms with E-state index in [1.807, 2.05) is 0 Å². The van der Waals surface area contributed by atoms with Gasteiger partial charge in [0.2, 0.25) is 0 Å². The maximum absolute atomic E-state index is 11.2. The highest BCUT2D eigenvalue weighted by molar-refractivity contribution is 5.69. The van der Waals surface area contributed by atoms with Gasteiger partial charge in [0.25, 0.3) is 0 Å². The normalized spacial score (nSPS) is 14.0. The van der Waals surface area contributed by atoms with Gasteiger partial charge < -0.3 is 25.2 Å². The minimum Gasteiger partial charge on any atom is -0.463 e. The first-order valence-corrected chi connectivity index (χ1v) is 7.33. The minimum absolute atomic E-state index is 0.150. The number of hydrogen-bond acceptors (Lipinski definition) is 6. The Labute approximate surface area is 120 Å². The monoisotopic (exact) mass is 292 g/mol. The quantitative estimate of drug-likeness (QED) is 0.288. The number of hydrogen-bond donors (Lipinski definition) is 4. The Bertz CT molecular complexity index is 234. The van der Waals surface area contributed by atoms with Crippen molar-refractivity contribution < 1.29 is 30.0 Å². The van der Waals surface area contributed by atoms with Crippen LogP contribution in [0.3, 0.4) is 0 Å². The number of carbonyl (C=O) groups is 1. The molecule has 0 bridgehead atoms. The van der Waals surface area contributed by atoms with Crippen LogP contribution in [0.2, 0.25) is 0 Å². The highest BCUT2D eigenvalue weighted by atomic mass is 16.5. The van der Waals surface area contributed by atoms with Gasteiger partial charge in [0.15, 0.2) is 0 Å². The molecule has 0 saturated heterocycles. The maximum Gasteiger partial charge on any atom is 0.305 e. The fourth-order valence-corrected chi connectivity index (χ4v) is 1.76. The van der Waals surface area contributed by atoms with Crippen LogP contribution in [-0.4, -0.2) is 58.4 Å².